The van der Waals surface area contributed by atoms with E-state index in [1.54, 1.807) is 0 Å². The van der Waals surface area contributed by atoms with Crippen LogP contribution < -0.4 is 10.0 Å². The van der Waals surface area contributed by atoms with E-state index >= 15 is 0 Å². The van der Waals surface area contributed by atoms with Crippen molar-refractivity contribution in [2.45, 2.75) is 20.8 Å². The number of primary amides is 1. The van der Waals surface area contributed by atoms with Gasteiger partial charge in [0, 0.05) is 0 Å². The number of anilines is 1. The molecule has 2 amide bonds. The van der Waals surface area contributed by atoms with Crippen LogP contribution in [0, 0.1) is 20.8 Å². The number of amides is 2. The van der Waals surface area contributed by atoms with E-state index in [1.165, 1.54) is 4.31 Å². The number of carbonyl (C=O) groups is 1. The molecule has 0 aliphatic carbocycles. The summed E-state index contributed by atoms with van der Waals surface area (Å²) in [5.41, 5.74) is 9.08. The maximum atomic E-state index is 11.0. The second-order valence-corrected chi connectivity index (χ2v) is 3.80. The lowest BCUT2D eigenvalue weighted by atomic mass is 10.1. The smallest absolute Gasteiger partial charge is 0.329 e. The van der Waals surface area contributed by atoms with Crippen LogP contribution >= 0.6 is 12.8 Å². The zero-order chi connectivity index (χ0) is 10.9. The molecule has 14 heavy (non-hydrogen) atoms. The number of rotatable bonds is 1. The lowest BCUT2D eigenvalue weighted by Gasteiger charge is -2.18. The minimum atomic E-state index is -0.566. The minimum absolute atomic E-state index is 0.566. The Hall–Kier alpha value is -1.16. The van der Waals surface area contributed by atoms with E-state index in [0.29, 0.717) is 0 Å². The first-order chi connectivity index (χ1) is 6.43. The van der Waals surface area contributed by atoms with Gasteiger partial charge in [-0.15, -0.1) is 0 Å². The highest BCUT2D eigenvalue weighted by Crippen LogP contribution is 2.27. The molecule has 0 aliphatic rings. The van der Waals surface area contributed by atoms with Gasteiger partial charge in [0.15, 0.2) is 0 Å². The predicted molar refractivity (Wildman–Crippen MR) is 61.7 cm³/mol. The van der Waals surface area contributed by atoms with Crippen LogP contribution in [0.1, 0.15) is 16.7 Å². The first-order valence-corrected chi connectivity index (χ1v) is 4.69. The first-order valence-electron chi connectivity index (χ1n) is 4.29. The number of nitrogens with zero attached hydrogens (tertiary/aromatic N) is 1. The normalized spacial score (nSPS) is 10.0. The Morgan fingerprint density at radius 3 is 2.07 bits per heavy atom. The van der Waals surface area contributed by atoms with Crippen LogP contribution in [-0.2, 0) is 0 Å². The van der Waals surface area contributed by atoms with Crippen LogP contribution in [0.3, 0.4) is 0 Å². The maximum Gasteiger partial charge on any atom is 0.329 e. The average molecular weight is 210 g/mol. The van der Waals surface area contributed by atoms with Crippen LogP contribution in [0.2, 0.25) is 0 Å². The summed E-state index contributed by atoms with van der Waals surface area (Å²) in [5, 5.41) is 0. The lowest BCUT2D eigenvalue weighted by Crippen LogP contribution is -2.28. The van der Waals surface area contributed by atoms with E-state index in [9.17, 15) is 4.79 Å². The lowest BCUT2D eigenvalue weighted by molar-refractivity contribution is 0.257. The first kappa shape index (κ1) is 10.9. The van der Waals surface area contributed by atoms with E-state index in [2.05, 4.69) is 12.8 Å². The van der Waals surface area contributed by atoms with Crippen LogP contribution in [0.4, 0.5) is 10.5 Å². The van der Waals surface area contributed by atoms with Crippen molar-refractivity contribution in [2.75, 3.05) is 4.31 Å². The van der Waals surface area contributed by atoms with Crippen molar-refractivity contribution in [1.29, 1.82) is 0 Å². The predicted octanol–water partition coefficient (Wildman–Crippen LogP) is 2.34. The third kappa shape index (κ3) is 2.01. The number of carbonyl (C=O) groups excluding carboxylic acids is 1. The van der Waals surface area contributed by atoms with Gasteiger partial charge in [0.2, 0.25) is 0 Å². The molecule has 0 saturated carbocycles. The Balaban J connectivity index is 3.27. The Morgan fingerprint density at radius 2 is 1.71 bits per heavy atom. The summed E-state index contributed by atoms with van der Waals surface area (Å²) < 4.78 is 1.17. The van der Waals surface area contributed by atoms with Crippen molar-refractivity contribution in [3.63, 3.8) is 0 Å². The van der Waals surface area contributed by atoms with E-state index in [4.69, 9.17) is 5.73 Å². The zero-order valence-electron chi connectivity index (χ0n) is 8.53. The largest absolute Gasteiger partial charge is 0.350 e. The van der Waals surface area contributed by atoms with Gasteiger partial charge in [-0.1, -0.05) is 30.5 Å². The highest BCUT2D eigenvalue weighted by molar-refractivity contribution is 7.82. The second-order valence-electron chi connectivity index (χ2n) is 3.40. The number of aryl methyl sites for hydroxylation is 3. The van der Waals surface area contributed by atoms with Gasteiger partial charge in [0.1, 0.15) is 0 Å². The molecular formula is C10H14N2OS. The van der Waals surface area contributed by atoms with Crippen molar-refractivity contribution < 1.29 is 4.79 Å². The summed E-state index contributed by atoms with van der Waals surface area (Å²) >= 11 is 4.05. The molecule has 0 fully saturated rings. The van der Waals surface area contributed by atoms with Crippen molar-refractivity contribution in [3.05, 3.63) is 28.8 Å². The monoisotopic (exact) mass is 210 g/mol. The fraction of sp³-hybridized carbons (Fsp3) is 0.300. The average Bonchev–Trinajstić information content (AvgIpc) is 2.01. The van der Waals surface area contributed by atoms with Crippen LogP contribution in [0.25, 0.3) is 0 Å². The van der Waals surface area contributed by atoms with E-state index < -0.39 is 6.03 Å². The molecule has 0 radical (unpaired) electrons. The van der Waals surface area contributed by atoms with Crippen LogP contribution in [0.5, 0.6) is 0 Å². The van der Waals surface area contributed by atoms with Crippen molar-refractivity contribution in [3.8, 4) is 0 Å². The van der Waals surface area contributed by atoms with E-state index in [1.807, 2.05) is 32.9 Å². The number of nitrogens with two attached hydrogens (primary N) is 1. The summed E-state index contributed by atoms with van der Waals surface area (Å²) in [6.07, 6.45) is 0. The molecule has 0 aliphatic heterocycles. The highest BCUT2D eigenvalue weighted by Gasteiger charge is 2.13. The summed E-state index contributed by atoms with van der Waals surface area (Å²) in [6, 6.07) is 3.42. The topological polar surface area (TPSA) is 46.3 Å². The number of thiol groups is 1. The molecular weight excluding hydrogens is 196 g/mol. The van der Waals surface area contributed by atoms with Crippen molar-refractivity contribution >= 4 is 24.5 Å². The molecule has 0 heterocycles. The Kier molecular flexibility index (Phi) is 3.06. The summed E-state index contributed by atoms with van der Waals surface area (Å²) in [7, 11) is 0. The van der Waals surface area contributed by atoms with Crippen molar-refractivity contribution in [1.82, 2.24) is 0 Å². The second kappa shape index (κ2) is 3.92. The van der Waals surface area contributed by atoms with Gasteiger partial charge in [-0.05, 0) is 31.9 Å². The summed E-state index contributed by atoms with van der Waals surface area (Å²) in [6.45, 7) is 5.87. The molecule has 0 spiro atoms. The van der Waals surface area contributed by atoms with Crippen molar-refractivity contribution in [2.24, 2.45) is 5.73 Å². The molecule has 0 unspecified atom stereocenters. The number of hydrogen-bond donors (Lipinski definition) is 2. The molecule has 1 rings (SSSR count). The van der Waals surface area contributed by atoms with E-state index in [0.717, 1.165) is 22.4 Å². The van der Waals surface area contributed by atoms with Gasteiger partial charge in [0.25, 0.3) is 0 Å². The number of urea groups is 1. The highest BCUT2D eigenvalue weighted by atomic mass is 32.1. The number of hydrogen-bond acceptors (Lipinski definition) is 2. The van der Waals surface area contributed by atoms with E-state index in [-0.39, 0.29) is 0 Å². The summed E-state index contributed by atoms with van der Waals surface area (Å²) in [5.74, 6) is 0. The van der Waals surface area contributed by atoms with Crippen LogP contribution in [0.15, 0.2) is 12.1 Å². The Labute approximate surface area is 89.4 Å². The fourth-order valence-corrected chi connectivity index (χ4v) is 1.93. The summed E-state index contributed by atoms with van der Waals surface area (Å²) in [4.78, 5) is 11.0. The van der Waals surface area contributed by atoms with Gasteiger partial charge >= 0.3 is 6.03 Å². The molecule has 76 valence electrons. The Bertz CT molecular complexity index is 353. The van der Waals surface area contributed by atoms with Gasteiger partial charge < -0.3 is 5.73 Å². The molecule has 1 aromatic rings. The molecule has 0 atom stereocenters. The molecule has 0 bridgehead atoms. The zero-order valence-corrected chi connectivity index (χ0v) is 9.43. The van der Waals surface area contributed by atoms with Gasteiger partial charge in [-0.25, -0.2) is 9.10 Å². The minimum Gasteiger partial charge on any atom is -0.350 e. The quantitative estimate of drug-likeness (QED) is 0.687. The SMILES string of the molecule is Cc1cc(C)c(N(S)C(N)=O)c(C)c1. The number of benzene rings is 1. The third-order valence-electron chi connectivity index (χ3n) is 2.06. The third-order valence-corrected chi connectivity index (χ3v) is 2.45. The molecule has 1 aromatic carbocycles. The maximum absolute atomic E-state index is 11.0. The molecule has 4 heteroatoms. The van der Waals surface area contributed by atoms with Gasteiger partial charge in [-0.3, -0.25) is 0 Å². The molecule has 2 N–H and O–H groups in total. The fourth-order valence-electron chi connectivity index (χ4n) is 1.62. The van der Waals surface area contributed by atoms with Gasteiger partial charge in [0.05, 0.1) is 5.69 Å². The standard InChI is InChI=1S/C10H14N2OS/c1-6-4-7(2)9(8(3)5-6)12(14)10(11)13/h4-5,14H,1-3H3,(H2,11,13). The van der Waals surface area contributed by atoms with Crippen LogP contribution in [-0.4, -0.2) is 6.03 Å². The molecule has 0 aromatic heterocycles. The molecule has 3 nitrogen and oxygen atoms in total. The van der Waals surface area contributed by atoms with Gasteiger partial charge in [-0.2, -0.15) is 0 Å². The molecule has 0 saturated heterocycles. The Morgan fingerprint density at radius 1 is 1.29 bits per heavy atom.